The van der Waals surface area contributed by atoms with Crippen LogP contribution in [0.15, 0.2) is 18.2 Å². The quantitative estimate of drug-likeness (QED) is 0.832. The number of nitrogens with one attached hydrogen (secondary N) is 1. The zero-order valence-electron chi connectivity index (χ0n) is 11.2. The molecule has 106 valence electrons. The number of nitrogens with zero attached hydrogens (tertiary/aromatic N) is 2. The van der Waals surface area contributed by atoms with Gasteiger partial charge in [-0.3, -0.25) is 4.79 Å². The van der Waals surface area contributed by atoms with Crippen LogP contribution in [-0.2, 0) is 0 Å². The van der Waals surface area contributed by atoms with Crippen molar-refractivity contribution >= 4 is 11.9 Å². The molecule has 2 fully saturated rings. The average Bonchev–Trinajstić information content (AvgIpc) is 2.82. The molecule has 2 aliphatic heterocycles. The predicted octanol–water partition coefficient (Wildman–Crippen LogP) is 0.984. The molecule has 3 rings (SSSR count). The molecule has 2 saturated heterocycles. The number of benzene rings is 1. The van der Waals surface area contributed by atoms with Crippen molar-refractivity contribution in [1.82, 2.24) is 15.1 Å². The first-order valence-electron chi connectivity index (χ1n) is 6.67. The highest BCUT2D eigenvalue weighted by Crippen LogP contribution is 2.19. The predicted molar refractivity (Wildman–Crippen MR) is 70.9 cm³/mol. The van der Waals surface area contributed by atoms with E-state index >= 15 is 0 Å². The van der Waals surface area contributed by atoms with Crippen molar-refractivity contribution in [2.24, 2.45) is 0 Å². The lowest BCUT2D eigenvalue weighted by Crippen LogP contribution is -2.53. The van der Waals surface area contributed by atoms with Crippen LogP contribution in [0.2, 0.25) is 0 Å². The highest BCUT2D eigenvalue weighted by Gasteiger charge is 2.37. The molecule has 6 heteroatoms. The van der Waals surface area contributed by atoms with Crippen molar-refractivity contribution in [3.63, 3.8) is 0 Å². The van der Waals surface area contributed by atoms with Crippen LogP contribution >= 0.6 is 0 Å². The molecule has 2 heterocycles. The number of carbonyl (C=O) groups is 2. The molecule has 0 radical (unpaired) electrons. The Morgan fingerprint density at radius 1 is 1.40 bits per heavy atom. The lowest BCUT2D eigenvalue weighted by atomic mass is 10.1. The molecule has 1 aromatic carbocycles. The standard InChI is InChI=1S/C14H16FN3O2/c1-9-3-2-4-11(12(9)15)13(19)17-5-6-18-10(8-17)7-16-14(18)20/h2-4,10H,5-8H2,1H3,(H,16,20). The topological polar surface area (TPSA) is 52.7 Å². The Morgan fingerprint density at radius 3 is 3.00 bits per heavy atom. The minimum Gasteiger partial charge on any atom is -0.336 e. The summed E-state index contributed by atoms with van der Waals surface area (Å²) < 4.78 is 14.0. The van der Waals surface area contributed by atoms with Crippen LogP contribution in [0.25, 0.3) is 0 Å². The molecule has 2 aliphatic rings. The number of aryl methyl sites for hydroxylation is 1. The zero-order valence-corrected chi connectivity index (χ0v) is 11.2. The van der Waals surface area contributed by atoms with E-state index in [4.69, 9.17) is 0 Å². The summed E-state index contributed by atoms with van der Waals surface area (Å²) in [7, 11) is 0. The number of piperazine rings is 1. The fourth-order valence-corrected chi connectivity index (χ4v) is 2.77. The molecule has 5 nitrogen and oxygen atoms in total. The van der Waals surface area contributed by atoms with Crippen LogP contribution < -0.4 is 5.32 Å². The number of amides is 3. The highest BCUT2D eigenvalue weighted by molar-refractivity contribution is 5.95. The van der Waals surface area contributed by atoms with Crippen molar-refractivity contribution in [2.75, 3.05) is 26.2 Å². The van der Waals surface area contributed by atoms with E-state index in [9.17, 15) is 14.0 Å². The van der Waals surface area contributed by atoms with Gasteiger partial charge in [0.15, 0.2) is 0 Å². The van der Waals surface area contributed by atoms with Gasteiger partial charge in [0, 0.05) is 26.2 Å². The van der Waals surface area contributed by atoms with E-state index in [1.165, 1.54) is 6.07 Å². The van der Waals surface area contributed by atoms with Crippen molar-refractivity contribution in [3.8, 4) is 0 Å². The molecule has 20 heavy (non-hydrogen) atoms. The molecule has 0 aromatic heterocycles. The summed E-state index contributed by atoms with van der Waals surface area (Å²) in [4.78, 5) is 27.3. The van der Waals surface area contributed by atoms with Crippen LogP contribution in [0.1, 0.15) is 15.9 Å². The Bertz CT molecular complexity index is 576. The second-order valence-corrected chi connectivity index (χ2v) is 5.22. The maximum absolute atomic E-state index is 14.0. The van der Waals surface area contributed by atoms with Gasteiger partial charge in [0.2, 0.25) is 0 Å². The van der Waals surface area contributed by atoms with Gasteiger partial charge in [0.1, 0.15) is 5.82 Å². The summed E-state index contributed by atoms with van der Waals surface area (Å²) in [5.41, 5.74) is 0.572. The van der Waals surface area contributed by atoms with E-state index in [2.05, 4.69) is 5.32 Å². The van der Waals surface area contributed by atoms with Gasteiger partial charge >= 0.3 is 6.03 Å². The maximum atomic E-state index is 14.0. The molecule has 0 aliphatic carbocycles. The molecular formula is C14H16FN3O2. The Labute approximate surface area is 116 Å². The summed E-state index contributed by atoms with van der Waals surface area (Å²) in [5.74, 6) is -0.759. The Kier molecular flexibility index (Phi) is 3.08. The first-order valence-corrected chi connectivity index (χ1v) is 6.67. The highest BCUT2D eigenvalue weighted by atomic mass is 19.1. The molecule has 1 aromatic rings. The van der Waals surface area contributed by atoms with Crippen LogP contribution in [0, 0.1) is 12.7 Å². The minimum atomic E-state index is -0.458. The zero-order chi connectivity index (χ0) is 14.3. The number of rotatable bonds is 1. The SMILES string of the molecule is Cc1cccc(C(=O)N2CCN3C(=O)NCC3C2)c1F. The number of hydrogen-bond donors (Lipinski definition) is 1. The third-order valence-corrected chi connectivity index (χ3v) is 3.94. The first-order chi connectivity index (χ1) is 9.58. The van der Waals surface area contributed by atoms with Gasteiger partial charge in [-0.1, -0.05) is 12.1 Å². The van der Waals surface area contributed by atoms with Gasteiger partial charge in [0.05, 0.1) is 11.6 Å². The minimum absolute atomic E-state index is 0.00642. The van der Waals surface area contributed by atoms with Gasteiger partial charge in [-0.2, -0.15) is 0 Å². The number of urea groups is 1. The molecule has 0 saturated carbocycles. The molecule has 1 atom stereocenters. The van der Waals surface area contributed by atoms with Gasteiger partial charge in [-0.05, 0) is 18.6 Å². The second-order valence-electron chi connectivity index (χ2n) is 5.22. The summed E-state index contributed by atoms with van der Waals surface area (Å²) >= 11 is 0. The molecule has 1 unspecified atom stereocenters. The summed E-state index contributed by atoms with van der Waals surface area (Å²) in [6.07, 6.45) is 0. The third-order valence-electron chi connectivity index (χ3n) is 3.94. The van der Waals surface area contributed by atoms with E-state index in [1.807, 2.05) is 0 Å². The first kappa shape index (κ1) is 12.9. The van der Waals surface area contributed by atoms with Gasteiger partial charge in [0.25, 0.3) is 5.91 Å². The second kappa shape index (κ2) is 4.77. The van der Waals surface area contributed by atoms with E-state index < -0.39 is 5.82 Å². The normalized spacial score (nSPS) is 21.7. The van der Waals surface area contributed by atoms with Crippen LogP contribution in [0.3, 0.4) is 0 Å². The van der Waals surface area contributed by atoms with Gasteiger partial charge in [-0.15, -0.1) is 0 Å². The maximum Gasteiger partial charge on any atom is 0.317 e. The van der Waals surface area contributed by atoms with Crippen LogP contribution in [0.5, 0.6) is 0 Å². The summed E-state index contributed by atoms with van der Waals surface area (Å²) in [6.45, 7) is 3.57. The fraction of sp³-hybridized carbons (Fsp3) is 0.429. The van der Waals surface area contributed by atoms with Gasteiger partial charge < -0.3 is 15.1 Å². The van der Waals surface area contributed by atoms with Gasteiger partial charge in [-0.25, -0.2) is 9.18 Å². The van der Waals surface area contributed by atoms with E-state index in [0.717, 1.165) is 0 Å². The molecule has 0 bridgehead atoms. The van der Waals surface area contributed by atoms with Crippen molar-refractivity contribution < 1.29 is 14.0 Å². The summed E-state index contributed by atoms with van der Waals surface area (Å²) in [6, 6.07) is 4.75. The third kappa shape index (κ3) is 2.01. The Balaban J connectivity index is 1.79. The smallest absolute Gasteiger partial charge is 0.317 e. The summed E-state index contributed by atoms with van der Waals surface area (Å²) in [5, 5.41) is 2.76. The van der Waals surface area contributed by atoms with Crippen LogP contribution in [0.4, 0.5) is 9.18 Å². The van der Waals surface area contributed by atoms with Crippen LogP contribution in [-0.4, -0.2) is 54.0 Å². The van der Waals surface area contributed by atoms with E-state index in [1.54, 1.807) is 28.9 Å². The van der Waals surface area contributed by atoms with E-state index in [0.29, 0.717) is 31.7 Å². The molecule has 3 amide bonds. The number of halogens is 1. The van der Waals surface area contributed by atoms with Crippen molar-refractivity contribution in [3.05, 3.63) is 35.1 Å². The monoisotopic (exact) mass is 277 g/mol. The Hall–Kier alpha value is -2.11. The Morgan fingerprint density at radius 2 is 2.20 bits per heavy atom. The molecule has 0 spiro atoms. The largest absolute Gasteiger partial charge is 0.336 e. The lowest BCUT2D eigenvalue weighted by molar-refractivity contribution is 0.0612. The fourth-order valence-electron chi connectivity index (χ4n) is 2.77. The van der Waals surface area contributed by atoms with E-state index in [-0.39, 0.29) is 23.5 Å². The van der Waals surface area contributed by atoms with Crippen molar-refractivity contribution in [1.29, 1.82) is 0 Å². The molecule has 1 N–H and O–H groups in total. The molecular weight excluding hydrogens is 261 g/mol. The number of hydrogen-bond acceptors (Lipinski definition) is 2. The van der Waals surface area contributed by atoms with Crippen molar-refractivity contribution in [2.45, 2.75) is 13.0 Å². The number of carbonyl (C=O) groups excluding carboxylic acids is 2. The number of fused-ring (bicyclic) bond motifs is 1. The average molecular weight is 277 g/mol. The lowest BCUT2D eigenvalue weighted by Gasteiger charge is -2.36.